The van der Waals surface area contributed by atoms with E-state index in [1.807, 2.05) is 0 Å². The summed E-state index contributed by atoms with van der Waals surface area (Å²) in [5.74, 6) is 2.03. The molecule has 0 aliphatic heterocycles. The first-order valence-electron chi connectivity index (χ1n) is 11.0. The van der Waals surface area contributed by atoms with E-state index in [2.05, 4.69) is 0 Å². The molecule has 0 radical (unpaired) electrons. The molecule has 3 aromatic heterocycles. The molecule has 190 valence electrons. The number of ether oxygens (including phenoxy) is 1. The fraction of sp³-hybridized carbons (Fsp3) is 0.185. The number of hydrogen-bond donors (Lipinski definition) is 0. The quantitative estimate of drug-likeness (QED) is 0.194. The standard InChI is InChI=1S/C27H17F3N4O3S/c28-27(29,30)11-12-35-24-13-25(22-9-7-20(36-22)5-1-3-18(14-31)15-32)38-26(24)23-10-8-21(37-23)6-2-4-19(16-33)17-34/h1,3-5,7-10,13H,2,6,11-12H2/b5-1+. The zero-order valence-corrected chi connectivity index (χ0v) is 20.4. The molecule has 0 unspecified atom stereocenters. The third kappa shape index (κ3) is 7.77. The number of alkyl halides is 3. The van der Waals surface area contributed by atoms with Gasteiger partial charge in [-0.25, -0.2) is 0 Å². The Labute approximate surface area is 219 Å². The number of nitriles is 4. The molecule has 3 rings (SSSR count). The van der Waals surface area contributed by atoms with E-state index in [-0.39, 0.29) is 16.9 Å². The van der Waals surface area contributed by atoms with Crippen LogP contribution in [0.5, 0.6) is 5.75 Å². The predicted octanol–water partition coefficient (Wildman–Crippen LogP) is 7.49. The Balaban J connectivity index is 1.85. The molecule has 3 aromatic rings. The molecule has 7 nitrogen and oxygen atoms in total. The minimum Gasteiger partial charge on any atom is -0.492 e. The zero-order valence-electron chi connectivity index (χ0n) is 19.6. The monoisotopic (exact) mass is 534 g/mol. The van der Waals surface area contributed by atoms with Crippen molar-refractivity contribution in [1.29, 1.82) is 21.0 Å². The molecule has 0 spiro atoms. The maximum absolute atomic E-state index is 12.7. The van der Waals surface area contributed by atoms with Crippen molar-refractivity contribution in [1.82, 2.24) is 0 Å². The maximum atomic E-state index is 12.7. The van der Waals surface area contributed by atoms with Crippen molar-refractivity contribution >= 4 is 17.4 Å². The SMILES string of the molecule is N#CC(C#N)=C/C=C/c1ccc(-c2cc(OCCC(F)(F)F)c(-c3ccc(CCC=C(C#N)C#N)o3)s2)o1. The minimum atomic E-state index is -4.37. The summed E-state index contributed by atoms with van der Waals surface area (Å²) in [5, 5.41) is 35.2. The molecule has 0 amide bonds. The normalized spacial score (nSPS) is 10.7. The highest BCUT2D eigenvalue weighted by molar-refractivity contribution is 7.19. The van der Waals surface area contributed by atoms with Crippen molar-refractivity contribution in [3.8, 4) is 51.3 Å². The molecule has 38 heavy (non-hydrogen) atoms. The first-order valence-corrected chi connectivity index (χ1v) is 11.8. The summed E-state index contributed by atoms with van der Waals surface area (Å²) in [4.78, 5) is 1.06. The smallest absolute Gasteiger partial charge is 0.392 e. The highest BCUT2D eigenvalue weighted by atomic mass is 32.1. The lowest BCUT2D eigenvalue weighted by atomic mass is 10.2. The molecule has 0 saturated heterocycles. The van der Waals surface area contributed by atoms with Gasteiger partial charge in [0.2, 0.25) is 0 Å². The van der Waals surface area contributed by atoms with E-state index in [4.69, 9.17) is 34.6 Å². The number of thiophene rings is 1. The van der Waals surface area contributed by atoms with Crippen LogP contribution in [0, 0.1) is 45.3 Å². The second kappa shape index (κ2) is 12.8. The van der Waals surface area contributed by atoms with E-state index >= 15 is 0 Å². The van der Waals surface area contributed by atoms with Gasteiger partial charge in [0, 0.05) is 12.5 Å². The van der Waals surface area contributed by atoms with Crippen LogP contribution in [0.2, 0.25) is 0 Å². The summed E-state index contributed by atoms with van der Waals surface area (Å²) in [6, 6.07) is 15.3. The van der Waals surface area contributed by atoms with Crippen molar-refractivity contribution < 1.29 is 26.7 Å². The number of hydrogen-bond acceptors (Lipinski definition) is 8. The average Bonchev–Trinajstić information content (AvgIpc) is 3.64. The second-order valence-electron chi connectivity index (χ2n) is 7.53. The van der Waals surface area contributed by atoms with Gasteiger partial charge in [-0.15, -0.1) is 11.3 Å². The van der Waals surface area contributed by atoms with E-state index in [9.17, 15) is 13.2 Å². The maximum Gasteiger partial charge on any atom is 0.392 e. The van der Waals surface area contributed by atoms with Crippen molar-refractivity contribution in [3.05, 3.63) is 71.2 Å². The Morgan fingerprint density at radius 1 is 0.947 bits per heavy atom. The zero-order chi connectivity index (χ0) is 27.5. The summed E-state index contributed by atoms with van der Waals surface area (Å²) >= 11 is 1.21. The fourth-order valence-electron chi connectivity index (χ4n) is 3.07. The summed E-state index contributed by atoms with van der Waals surface area (Å²) in [5.41, 5.74) is -0.0692. The topological polar surface area (TPSA) is 131 Å². The van der Waals surface area contributed by atoms with E-state index in [0.717, 1.165) is 0 Å². The van der Waals surface area contributed by atoms with Crippen molar-refractivity contribution in [2.24, 2.45) is 0 Å². The summed E-state index contributed by atoms with van der Waals surface area (Å²) in [6.45, 7) is -0.575. The fourth-order valence-corrected chi connectivity index (χ4v) is 4.10. The van der Waals surface area contributed by atoms with E-state index in [0.29, 0.717) is 45.6 Å². The van der Waals surface area contributed by atoms with Gasteiger partial charge in [0.15, 0.2) is 0 Å². The Morgan fingerprint density at radius 3 is 2.34 bits per heavy atom. The molecular formula is C27H17F3N4O3S. The third-order valence-corrected chi connectivity index (χ3v) is 5.99. The minimum absolute atomic E-state index is 0.000666. The van der Waals surface area contributed by atoms with Gasteiger partial charge in [0.05, 0.1) is 17.9 Å². The molecule has 11 heteroatoms. The average molecular weight is 535 g/mol. The van der Waals surface area contributed by atoms with Crippen molar-refractivity contribution in [2.45, 2.75) is 25.4 Å². The number of aryl methyl sites for hydroxylation is 1. The van der Waals surface area contributed by atoms with Crippen LogP contribution in [0.15, 0.2) is 68.5 Å². The molecule has 0 saturated carbocycles. The first-order chi connectivity index (χ1) is 18.3. The van der Waals surface area contributed by atoms with Crippen LogP contribution in [0.25, 0.3) is 27.4 Å². The Morgan fingerprint density at radius 2 is 1.66 bits per heavy atom. The molecule has 0 aromatic carbocycles. The molecule has 0 bridgehead atoms. The summed E-state index contributed by atoms with van der Waals surface area (Å²) < 4.78 is 55.2. The number of halogens is 3. The number of allylic oxidation sites excluding steroid dienone is 5. The van der Waals surface area contributed by atoms with E-state index < -0.39 is 19.2 Å². The van der Waals surface area contributed by atoms with Crippen LogP contribution in [-0.4, -0.2) is 12.8 Å². The predicted molar refractivity (Wildman–Crippen MR) is 132 cm³/mol. The van der Waals surface area contributed by atoms with E-state index in [1.54, 1.807) is 60.7 Å². The Bertz CT molecular complexity index is 1510. The third-order valence-electron chi connectivity index (χ3n) is 4.84. The molecule has 0 aliphatic carbocycles. The van der Waals surface area contributed by atoms with Crippen molar-refractivity contribution in [3.63, 3.8) is 0 Å². The molecule has 3 heterocycles. The molecular weight excluding hydrogens is 517 g/mol. The largest absolute Gasteiger partial charge is 0.492 e. The lowest BCUT2D eigenvalue weighted by molar-refractivity contribution is -0.139. The number of furan rings is 2. The number of rotatable bonds is 10. The van der Waals surface area contributed by atoms with Crippen molar-refractivity contribution in [2.75, 3.05) is 6.61 Å². The molecule has 0 fully saturated rings. The van der Waals surface area contributed by atoms with Crippen LogP contribution in [-0.2, 0) is 6.42 Å². The molecule has 0 atom stereocenters. The summed E-state index contributed by atoms with van der Waals surface area (Å²) in [7, 11) is 0. The van der Waals surface area contributed by atoms with Gasteiger partial charge in [-0.05, 0) is 42.8 Å². The van der Waals surface area contributed by atoms with Gasteiger partial charge in [-0.3, -0.25) is 0 Å². The van der Waals surface area contributed by atoms with Crippen LogP contribution in [0.4, 0.5) is 13.2 Å². The van der Waals surface area contributed by atoms with Gasteiger partial charge in [0.25, 0.3) is 0 Å². The second-order valence-corrected chi connectivity index (χ2v) is 8.58. The Kier molecular flexibility index (Phi) is 9.32. The highest BCUT2D eigenvalue weighted by Crippen LogP contribution is 2.44. The summed E-state index contributed by atoms with van der Waals surface area (Å²) in [6.07, 6.45) is 1.21. The van der Waals surface area contributed by atoms with Gasteiger partial charge >= 0.3 is 6.18 Å². The van der Waals surface area contributed by atoms with Gasteiger partial charge < -0.3 is 13.6 Å². The van der Waals surface area contributed by atoms with Crippen LogP contribution < -0.4 is 4.74 Å². The van der Waals surface area contributed by atoms with Crippen LogP contribution in [0.3, 0.4) is 0 Å². The molecule has 0 N–H and O–H groups in total. The first kappa shape index (κ1) is 27.6. The lowest BCUT2D eigenvalue weighted by Crippen LogP contribution is -2.12. The van der Waals surface area contributed by atoms with Gasteiger partial charge in [0.1, 0.15) is 69.1 Å². The number of nitrogens with zero attached hydrogens (tertiary/aromatic N) is 4. The van der Waals surface area contributed by atoms with E-state index in [1.165, 1.54) is 29.6 Å². The van der Waals surface area contributed by atoms with Gasteiger partial charge in [-0.1, -0.05) is 12.2 Å². The van der Waals surface area contributed by atoms with Crippen LogP contribution >= 0.6 is 11.3 Å². The van der Waals surface area contributed by atoms with Crippen LogP contribution in [0.1, 0.15) is 24.4 Å². The highest BCUT2D eigenvalue weighted by Gasteiger charge is 2.27. The van der Waals surface area contributed by atoms with Gasteiger partial charge in [-0.2, -0.15) is 34.2 Å². The Hall–Kier alpha value is -4.97. The molecule has 0 aliphatic rings. The lowest BCUT2D eigenvalue weighted by Gasteiger charge is -2.08.